The largest absolute Gasteiger partial charge is 0.327 e. The summed E-state index contributed by atoms with van der Waals surface area (Å²) >= 11 is 5.40. The molecule has 1 aromatic carbocycles. The second-order valence-corrected chi connectivity index (χ2v) is 5.77. The summed E-state index contributed by atoms with van der Waals surface area (Å²) in [7, 11) is 0. The van der Waals surface area contributed by atoms with E-state index in [4.69, 9.17) is 12.2 Å². The second kappa shape index (κ2) is 4.63. The molecule has 102 valence electrons. The molecule has 1 aliphatic rings. The van der Waals surface area contributed by atoms with Gasteiger partial charge in [-0.3, -0.25) is 0 Å². The highest BCUT2D eigenvalue weighted by molar-refractivity contribution is 7.71. The van der Waals surface area contributed by atoms with Crippen LogP contribution < -0.4 is 5.01 Å². The second-order valence-electron chi connectivity index (χ2n) is 5.38. The summed E-state index contributed by atoms with van der Waals surface area (Å²) in [4.78, 5) is 2.99. The van der Waals surface area contributed by atoms with Crippen LogP contribution in [0.1, 0.15) is 33.1 Å². The van der Waals surface area contributed by atoms with Gasteiger partial charge in [-0.25, -0.2) is 9.07 Å². The van der Waals surface area contributed by atoms with Crippen LogP contribution in [0.2, 0.25) is 0 Å². The van der Waals surface area contributed by atoms with Gasteiger partial charge in [-0.15, -0.1) is 0 Å². The zero-order chi connectivity index (χ0) is 13.6. The molecule has 1 N–H and O–H groups in total. The van der Waals surface area contributed by atoms with Crippen molar-refractivity contribution in [2.24, 2.45) is 0 Å². The number of aromatic amines is 1. The Balaban J connectivity index is 2.22. The molecule has 1 aromatic heterocycles. The average molecular weight is 279 g/mol. The van der Waals surface area contributed by atoms with E-state index in [1.165, 1.54) is 12.5 Å². The number of rotatable bonds is 1. The molecule has 1 fully saturated rings. The fraction of sp³-hybridized carbons (Fsp3) is 0.500. The van der Waals surface area contributed by atoms with E-state index in [2.05, 4.69) is 23.8 Å². The molecule has 0 spiro atoms. The summed E-state index contributed by atoms with van der Waals surface area (Å²) in [5.74, 6) is -0.250. The number of imidazole rings is 1. The molecule has 0 saturated carbocycles. The number of nitrogens with one attached hydrogen (secondary N) is 1. The molecule has 5 heteroatoms. The lowest BCUT2D eigenvalue weighted by molar-refractivity contribution is 0.339. The quantitative estimate of drug-likeness (QED) is 0.804. The highest BCUT2D eigenvalue weighted by Gasteiger charge is 2.27. The van der Waals surface area contributed by atoms with Gasteiger partial charge in [-0.05, 0) is 57.5 Å². The standard InChI is InChI=1S/C14H18FN3S/c1-9-5-3-6-10(2)17(9)18-12-8-4-7-11(15)13(12)16-14(18)19/h4,7-10H,3,5-6H2,1-2H3,(H,16,19). The molecule has 2 aromatic rings. The van der Waals surface area contributed by atoms with Gasteiger partial charge in [0.1, 0.15) is 11.3 Å². The minimum Gasteiger partial charge on any atom is -0.327 e. The van der Waals surface area contributed by atoms with Gasteiger partial charge >= 0.3 is 0 Å². The first kappa shape index (κ1) is 12.7. The van der Waals surface area contributed by atoms with E-state index in [0.717, 1.165) is 18.4 Å². The third-order valence-corrected chi connectivity index (χ3v) is 4.30. The third-order valence-electron chi connectivity index (χ3n) is 4.02. The van der Waals surface area contributed by atoms with Gasteiger partial charge in [0.05, 0.1) is 5.52 Å². The predicted octanol–water partition coefficient (Wildman–Crippen LogP) is 3.74. The van der Waals surface area contributed by atoms with E-state index >= 15 is 0 Å². The van der Waals surface area contributed by atoms with Crippen molar-refractivity contribution in [2.45, 2.75) is 45.2 Å². The van der Waals surface area contributed by atoms with Crippen LogP contribution in [0.5, 0.6) is 0 Å². The number of fused-ring (bicyclic) bond motifs is 1. The van der Waals surface area contributed by atoms with Crippen LogP contribution in [-0.4, -0.2) is 21.7 Å². The van der Waals surface area contributed by atoms with Crippen LogP contribution in [0.15, 0.2) is 18.2 Å². The van der Waals surface area contributed by atoms with Crippen molar-refractivity contribution in [2.75, 3.05) is 5.01 Å². The normalized spacial score (nSPS) is 24.1. The first-order valence-electron chi connectivity index (χ1n) is 6.77. The zero-order valence-corrected chi connectivity index (χ0v) is 12.0. The van der Waals surface area contributed by atoms with E-state index in [1.807, 2.05) is 10.7 Å². The maximum absolute atomic E-state index is 13.8. The van der Waals surface area contributed by atoms with E-state index in [-0.39, 0.29) is 5.82 Å². The number of aromatic nitrogens is 2. The number of halogens is 1. The van der Waals surface area contributed by atoms with Crippen molar-refractivity contribution < 1.29 is 4.39 Å². The van der Waals surface area contributed by atoms with Gasteiger partial charge < -0.3 is 9.99 Å². The number of benzene rings is 1. The van der Waals surface area contributed by atoms with Gasteiger partial charge in [0.2, 0.25) is 0 Å². The molecular weight excluding hydrogens is 261 g/mol. The molecule has 3 rings (SSSR count). The van der Waals surface area contributed by atoms with E-state index < -0.39 is 0 Å². The number of para-hydroxylation sites is 1. The lowest BCUT2D eigenvalue weighted by Crippen LogP contribution is -2.50. The number of hydrogen-bond acceptors (Lipinski definition) is 2. The van der Waals surface area contributed by atoms with E-state index in [1.54, 1.807) is 6.07 Å². The van der Waals surface area contributed by atoms with Crippen molar-refractivity contribution >= 4 is 23.3 Å². The van der Waals surface area contributed by atoms with E-state index in [0.29, 0.717) is 22.4 Å². The van der Waals surface area contributed by atoms with Gasteiger partial charge in [0, 0.05) is 12.1 Å². The Morgan fingerprint density at radius 2 is 1.95 bits per heavy atom. The minimum absolute atomic E-state index is 0.250. The third kappa shape index (κ3) is 1.96. The molecule has 1 saturated heterocycles. The Bertz CT molecular complexity index is 650. The molecule has 0 bridgehead atoms. The molecule has 19 heavy (non-hydrogen) atoms. The lowest BCUT2D eigenvalue weighted by Gasteiger charge is -2.41. The molecule has 0 radical (unpaired) electrons. The maximum Gasteiger partial charge on any atom is 0.197 e. The fourth-order valence-electron chi connectivity index (χ4n) is 3.11. The highest BCUT2D eigenvalue weighted by atomic mass is 32.1. The van der Waals surface area contributed by atoms with Gasteiger partial charge in [0.25, 0.3) is 0 Å². The Labute approximate surface area is 117 Å². The first-order valence-corrected chi connectivity index (χ1v) is 7.18. The first-order chi connectivity index (χ1) is 9.09. The Kier molecular flexibility index (Phi) is 3.09. The molecule has 3 nitrogen and oxygen atoms in total. The number of hydrogen-bond donors (Lipinski definition) is 1. The SMILES string of the molecule is CC1CCCC(C)N1n1c(=S)[nH]c2c(F)cccc21. The smallest absolute Gasteiger partial charge is 0.197 e. The summed E-state index contributed by atoms with van der Waals surface area (Å²) in [6, 6.07) is 5.94. The molecule has 1 aliphatic heterocycles. The molecule has 0 amide bonds. The van der Waals surface area contributed by atoms with Crippen molar-refractivity contribution in [1.29, 1.82) is 0 Å². The molecule has 2 atom stereocenters. The zero-order valence-electron chi connectivity index (χ0n) is 11.2. The summed E-state index contributed by atoms with van der Waals surface area (Å²) in [6.07, 6.45) is 3.53. The molecular formula is C14H18FN3S. The van der Waals surface area contributed by atoms with Crippen LogP contribution in [0.25, 0.3) is 11.0 Å². The monoisotopic (exact) mass is 279 g/mol. The van der Waals surface area contributed by atoms with E-state index in [9.17, 15) is 4.39 Å². The Morgan fingerprint density at radius 1 is 1.26 bits per heavy atom. The number of piperidine rings is 1. The predicted molar refractivity (Wildman–Crippen MR) is 78.1 cm³/mol. The molecule has 2 heterocycles. The minimum atomic E-state index is -0.250. The maximum atomic E-state index is 13.8. The summed E-state index contributed by atoms with van der Waals surface area (Å²) in [5, 5.41) is 2.28. The topological polar surface area (TPSA) is 24.0 Å². The van der Waals surface area contributed by atoms with Crippen LogP contribution in [0, 0.1) is 10.6 Å². The van der Waals surface area contributed by atoms with Crippen molar-refractivity contribution in [1.82, 2.24) is 9.66 Å². The summed E-state index contributed by atoms with van der Waals surface area (Å²) < 4.78 is 16.4. The van der Waals surface area contributed by atoms with Gasteiger partial charge in [-0.2, -0.15) is 0 Å². The summed E-state index contributed by atoms with van der Waals surface area (Å²) in [5.41, 5.74) is 1.32. The highest BCUT2D eigenvalue weighted by Crippen LogP contribution is 2.25. The Morgan fingerprint density at radius 3 is 2.63 bits per heavy atom. The fourth-order valence-corrected chi connectivity index (χ4v) is 3.41. The van der Waals surface area contributed by atoms with Crippen LogP contribution in [-0.2, 0) is 0 Å². The van der Waals surface area contributed by atoms with Crippen LogP contribution in [0.4, 0.5) is 4.39 Å². The Hall–Kier alpha value is -1.36. The number of H-pyrrole nitrogens is 1. The van der Waals surface area contributed by atoms with Crippen LogP contribution in [0.3, 0.4) is 0 Å². The average Bonchev–Trinajstić information content (AvgIpc) is 2.68. The van der Waals surface area contributed by atoms with Gasteiger partial charge in [-0.1, -0.05) is 6.07 Å². The molecule has 0 aliphatic carbocycles. The van der Waals surface area contributed by atoms with Crippen LogP contribution >= 0.6 is 12.2 Å². The van der Waals surface area contributed by atoms with Crippen molar-refractivity contribution in [3.05, 3.63) is 28.8 Å². The van der Waals surface area contributed by atoms with Crippen molar-refractivity contribution in [3.8, 4) is 0 Å². The lowest BCUT2D eigenvalue weighted by atomic mass is 10.00. The molecule has 2 unspecified atom stereocenters. The number of nitrogens with zero attached hydrogens (tertiary/aromatic N) is 2. The summed E-state index contributed by atoms with van der Waals surface area (Å²) in [6.45, 7) is 4.41. The van der Waals surface area contributed by atoms with Gasteiger partial charge in [0.15, 0.2) is 4.77 Å². The van der Waals surface area contributed by atoms with Crippen molar-refractivity contribution in [3.63, 3.8) is 0 Å².